The topological polar surface area (TPSA) is 237 Å². The highest BCUT2D eigenvalue weighted by molar-refractivity contribution is 7.47. The number of hydrogen-bond acceptors (Lipinski definition) is 15. The molecule has 0 aromatic heterocycles. The second-order valence-electron chi connectivity index (χ2n) is 29.3. The molecule has 2 unspecified atom stereocenters. The van der Waals surface area contributed by atoms with E-state index in [0.29, 0.717) is 25.7 Å². The van der Waals surface area contributed by atoms with Crippen molar-refractivity contribution >= 4 is 39.5 Å². The van der Waals surface area contributed by atoms with E-state index in [2.05, 4.69) is 83.2 Å². The summed E-state index contributed by atoms with van der Waals surface area (Å²) in [6.45, 7) is 7.17. The SMILES string of the molecule is CCCCCC/C=C\C=C/CCCCCCCC(=O)OC[C@H](COP(=O)(O)OC[C@@H](O)COP(=O)(O)OC[C@@H](COC(=O)CCCCCCCCCCC(C)C)OC(=O)CCCCCCC/C=C\C=C/CCCCCC)OC(=O)CCCCCCCCCCCCCCCCCCCCCCCC. The number of aliphatic hydroxyl groups excluding tert-OH is 1. The lowest BCUT2D eigenvalue weighted by molar-refractivity contribution is -0.161. The van der Waals surface area contributed by atoms with Crippen molar-refractivity contribution in [1.82, 2.24) is 0 Å². The van der Waals surface area contributed by atoms with Gasteiger partial charge in [-0.1, -0.05) is 346 Å². The fraction of sp³-hybridized carbons (Fsp3) is 0.857. The molecule has 0 aliphatic heterocycles. The van der Waals surface area contributed by atoms with Crippen molar-refractivity contribution in [3.8, 4) is 0 Å². The highest BCUT2D eigenvalue weighted by Crippen LogP contribution is 2.45. The number of allylic oxidation sites excluding steroid dienone is 8. The summed E-state index contributed by atoms with van der Waals surface area (Å²) < 4.78 is 68.7. The minimum absolute atomic E-state index is 0.0825. The molecule has 0 spiro atoms. The largest absolute Gasteiger partial charge is 0.472 e. The Labute approximate surface area is 629 Å². The van der Waals surface area contributed by atoms with Crippen LogP contribution in [0.5, 0.6) is 0 Å². The maximum Gasteiger partial charge on any atom is 0.472 e. The van der Waals surface area contributed by atoms with Gasteiger partial charge in [0.05, 0.1) is 26.4 Å². The average molecular weight is 1500 g/mol. The molecule has 5 atom stereocenters. The van der Waals surface area contributed by atoms with Gasteiger partial charge in [-0.05, 0) is 83.0 Å². The van der Waals surface area contributed by atoms with E-state index >= 15 is 0 Å². The molecular formula is C84H156O17P2. The summed E-state index contributed by atoms with van der Waals surface area (Å²) >= 11 is 0. The minimum Gasteiger partial charge on any atom is -0.462 e. The van der Waals surface area contributed by atoms with Crippen LogP contribution in [0.3, 0.4) is 0 Å². The number of esters is 4. The number of carbonyl (C=O) groups excluding carboxylic acids is 4. The van der Waals surface area contributed by atoms with Gasteiger partial charge in [0.15, 0.2) is 12.2 Å². The van der Waals surface area contributed by atoms with Crippen molar-refractivity contribution in [3.63, 3.8) is 0 Å². The molecule has 0 aliphatic carbocycles. The lowest BCUT2D eigenvalue weighted by Crippen LogP contribution is -2.30. The molecule has 0 radical (unpaired) electrons. The van der Waals surface area contributed by atoms with E-state index in [1.165, 1.54) is 186 Å². The first-order valence-corrected chi connectivity index (χ1v) is 45.3. The lowest BCUT2D eigenvalue weighted by Gasteiger charge is -2.21. The van der Waals surface area contributed by atoms with Crippen molar-refractivity contribution in [1.29, 1.82) is 0 Å². The molecule has 19 heteroatoms. The van der Waals surface area contributed by atoms with E-state index < -0.39 is 97.5 Å². The predicted octanol–water partition coefficient (Wildman–Crippen LogP) is 24.7. The van der Waals surface area contributed by atoms with Crippen LogP contribution in [0.25, 0.3) is 0 Å². The highest BCUT2D eigenvalue weighted by atomic mass is 31.2. The first-order valence-electron chi connectivity index (χ1n) is 42.3. The number of phosphoric ester groups is 2. The molecule has 0 aromatic carbocycles. The number of ether oxygens (including phenoxy) is 4. The van der Waals surface area contributed by atoms with Crippen molar-refractivity contribution in [2.45, 2.75) is 419 Å². The summed E-state index contributed by atoms with van der Waals surface area (Å²) in [6, 6.07) is 0. The third-order valence-corrected chi connectivity index (χ3v) is 20.4. The minimum atomic E-state index is -4.98. The van der Waals surface area contributed by atoms with E-state index in [1.807, 2.05) is 0 Å². The maximum atomic E-state index is 13.1. The van der Waals surface area contributed by atoms with Crippen molar-refractivity contribution in [2.24, 2.45) is 5.92 Å². The molecule has 3 N–H and O–H groups in total. The van der Waals surface area contributed by atoms with Crippen molar-refractivity contribution in [2.75, 3.05) is 39.6 Å². The summed E-state index contributed by atoms with van der Waals surface area (Å²) in [7, 11) is -9.95. The summed E-state index contributed by atoms with van der Waals surface area (Å²) in [5.74, 6) is -1.45. The van der Waals surface area contributed by atoms with Gasteiger partial charge in [0.2, 0.25) is 0 Å². The van der Waals surface area contributed by atoms with E-state index in [0.717, 1.165) is 134 Å². The van der Waals surface area contributed by atoms with E-state index in [9.17, 15) is 43.2 Å². The fourth-order valence-corrected chi connectivity index (χ4v) is 13.6. The second-order valence-corrected chi connectivity index (χ2v) is 32.2. The molecule has 103 heavy (non-hydrogen) atoms. The standard InChI is InChI=1S/C84H156O17P2/c1-6-9-12-15-18-21-24-27-30-31-32-33-34-35-36-39-42-45-48-55-60-65-70-83(88)100-79(73-94-81(86)67-62-57-52-46-43-40-37-28-25-22-19-16-13-10-7-2)75-98-102(90,91)96-71-78(85)72-97-103(92,93)99-76-80(74-95-82(87)68-63-58-53-50-49-51-56-61-66-77(4)5)101-84(89)69-64-59-54-47-44-41-38-29-26-23-20-17-14-11-8-3/h22-23,25-26,28-29,37-38,77-80,85H,6-21,24,27,30-36,39-76H2,1-5H3,(H,90,91)(H,92,93)/b25-22-,26-23-,37-28-,38-29-/t78-,79-,80-/m1/s1. The molecular weight excluding hydrogens is 1340 g/mol. The summed E-state index contributed by atoms with van der Waals surface area (Å²) in [4.78, 5) is 73.1. The van der Waals surface area contributed by atoms with Crippen LogP contribution in [0.1, 0.15) is 401 Å². The Balaban J connectivity index is 5.28. The van der Waals surface area contributed by atoms with Crippen LogP contribution in [0.15, 0.2) is 48.6 Å². The van der Waals surface area contributed by atoms with E-state index in [4.69, 9.17) is 37.0 Å². The fourth-order valence-electron chi connectivity index (χ4n) is 12.0. The Morgan fingerprint density at radius 3 is 0.796 bits per heavy atom. The smallest absolute Gasteiger partial charge is 0.462 e. The molecule has 0 fully saturated rings. The molecule has 0 saturated heterocycles. The molecule has 0 saturated carbocycles. The molecule has 0 rings (SSSR count). The van der Waals surface area contributed by atoms with Crippen LogP contribution in [0.4, 0.5) is 0 Å². The van der Waals surface area contributed by atoms with Crippen LogP contribution >= 0.6 is 15.6 Å². The van der Waals surface area contributed by atoms with Crippen LogP contribution in [0, 0.1) is 5.92 Å². The zero-order valence-electron chi connectivity index (χ0n) is 66.4. The summed E-state index contributed by atoms with van der Waals surface area (Å²) in [6.07, 6.45) is 73.9. The average Bonchev–Trinajstić information content (AvgIpc) is 0.924. The van der Waals surface area contributed by atoms with Gasteiger partial charge in [0.25, 0.3) is 0 Å². The Kier molecular flexibility index (Phi) is 73.6. The number of phosphoric acid groups is 2. The summed E-state index contributed by atoms with van der Waals surface area (Å²) in [5, 5.41) is 10.6. The number of rotatable bonds is 80. The monoisotopic (exact) mass is 1500 g/mol. The lowest BCUT2D eigenvalue weighted by atomic mass is 10.0. The van der Waals surface area contributed by atoms with Crippen LogP contribution in [-0.2, 0) is 65.4 Å². The Morgan fingerprint density at radius 2 is 0.524 bits per heavy atom. The Morgan fingerprint density at radius 1 is 0.301 bits per heavy atom. The van der Waals surface area contributed by atoms with Gasteiger partial charge in [0, 0.05) is 25.7 Å². The van der Waals surface area contributed by atoms with Crippen LogP contribution < -0.4 is 0 Å². The molecule has 0 heterocycles. The zero-order chi connectivity index (χ0) is 75.5. The Hall–Kier alpha value is -2.98. The molecule has 0 aliphatic rings. The third-order valence-electron chi connectivity index (χ3n) is 18.5. The Bertz CT molecular complexity index is 2150. The first-order chi connectivity index (χ1) is 50.0. The zero-order valence-corrected chi connectivity index (χ0v) is 68.2. The normalized spacial score (nSPS) is 14.1. The molecule has 0 bridgehead atoms. The van der Waals surface area contributed by atoms with Gasteiger partial charge in [-0.15, -0.1) is 0 Å². The quantitative estimate of drug-likeness (QED) is 0.0169. The van der Waals surface area contributed by atoms with E-state index in [1.54, 1.807) is 0 Å². The molecule has 17 nitrogen and oxygen atoms in total. The van der Waals surface area contributed by atoms with Gasteiger partial charge in [0.1, 0.15) is 19.3 Å². The van der Waals surface area contributed by atoms with Gasteiger partial charge in [-0.2, -0.15) is 0 Å². The number of unbranched alkanes of at least 4 members (excludes halogenated alkanes) is 46. The van der Waals surface area contributed by atoms with Crippen LogP contribution in [-0.4, -0.2) is 96.7 Å². The number of carbonyl (C=O) groups is 4. The molecule has 0 aromatic rings. The number of hydrogen-bond donors (Lipinski definition) is 3. The molecule has 604 valence electrons. The van der Waals surface area contributed by atoms with Gasteiger partial charge < -0.3 is 33.8 Å². The predicted molar refractivity (Wildman–Crippen MR) is 423 cm³/mol. The molecule has 0 amide bonds. The summed E-state index contributed by atoms with van der Waals surface area (Å²) in [5.41, 5.74) is 0. The van der Waals surface area contributed by atoms with Gasteiger partial charge >= 0.3 is 39.5 Å². The van der Waals surface area contributed by atoms with Crippen molar-refractivity contribution < 1.29 is 80.2 Å². The maximum absolute atomic E-state index is 13.1. The van der Waals surface area contributed by atoms with E-state index in [-0.39, 0.29) is 25.7 Å². The number of aliphatic hydroxyl groups is 1. The van der Waals surface area contributed by atoms with Gasteiger partial charge in [-0.3, -0.25) is 37.3 Å². The van der Waals surface area contributed by atoms with Gasteiger partial charge in [-0.25, -0.2) is 9.13 Å². The highest BCUT2D eigenvalue weighted by Gasteiger charge is 2.30. The van der Waals surface area contributed by atoms with Crippen LogP contribution in [0.2, 0.25) is 0 Å². The first kappa shape index (κ1) is 100. The van der Waals surface area contributed by atoms with Crippen molar-refractivity contribution in [3.05, 3.63) is 48.6 Å². The third kappa shape index (κ3) is 77.0. The second kappa shape index (κ2) is 75.8.